The third-order valence-electron chi connectivity index (χ3n) is 7.54. The Morgan fingerprint density at radius 2 is 1.55 bits per heavy atom. The van der Waals surface area contributed by atoms with Crippen molar-refractivity contribution in [2.45, 2.75) is 30.6 Å². The quantitative estimate of drug-likeness (QED) is 0.0794. The molecule has 276 valence electrons. The zero-order chi connectivity index (χ0) is 38.3. The third-order valence-corrected chi connectivity index (χ3v) is 8.05. The smallest absolute Gasteiger partial charge is 0.422 e. The van der Waals surface area contributed by atoms with Crippen molar-refractivity contribution in [2.24, 2.45) is 5.73 Å². The summed E-state index contributed by atoms with van der Waals surface area (Å²) in [7, 11) is 0. The monoisotopic (exact) mass is 773 g/mol. The zero-order valence-corrected chi connectivity index (χ0v) is 28.6. The molecule has 4 amide bonds. The highest BCUT2D eigenvalue weighted by Crippen LogP contribution is 2.48. The number of primary amides is 1. The Bertz CT molecular complexity index is 2030. The topological polar surface area (TPSA) is 219 Å². The Morgan fingerprint density at radius 1 is 0.868 bits per heavy atom. The number of benzene rings is 3. The van der Waals surface area contributed by atoms with Crippen molar-refractivity contribution in [3.05, 3.63) is 94.5 Å². The van der Waals surface area contributed by atoms with Crippen LogP contribution in [-0.2, 0) is 19.9 Å². The van der Waals surface area contributed by atoms with E-state index in [1.807, 2.05) is 12.1 Å². The number of anilines is 4. The summed E-state index contributed by atoms with van der Waals surface area (Å²) in [6.07, 6.45) is -3.27. The summed E-state index contributed by atoms with van der Waals surface area (Å²) < 4.78 is 43.6. The van der Waals surface area contributed by atoms with Gasteiger partial charge in [0.05, 0.1) is 5.54 Å². The van der Waals surface area contributed by atoms with E-state index in [0.29, 0.717) is 23.6 Å². The molecule has 0 saturated heterocycles. The number of nitrogens with one attached hydrogen (secondary N) is 5. The van der Waals surface area contributed by atoms with E-state index in [1.54, 1.807) is 12.1 Å². The molecule has 53 heavy (non-hydrogen) atoms. The molecular weight excluding hydrogens is 746 g/mol. The van der Waals surface area contributed by atoms with Gasteiger partial charge in [-0.2, -0.15) is 28.1 Å². The number of ether oxygens (including phenoxy) is 1. The molecule has 0 spiro atoms. The van der Waals surface area contributed by atoms with Gasteiger partial charge in [0.1, 0.15) is 6.04 Å². The fourth-order valence-corrected chi connectivity index (χ4v) is 5.01. The maximum Gasteiger partial charge on any atom is 0.422 e. The van der Waals surface area contributed by atoms with Gasteiger partial charge < -0.3 is 37.1 Å². The van der Waals surface area contributed by atoms with Crippen LogP contribution in [0.4, 0.5) is 36.4 Å². The number of halogens is 5. The van der Waals surface area contributed by atoms with E-state index in [9.17, 15) is 37.1 Å². The summed E-state index contributed by atoms with van der Waals surface area (Å²) in [4.78, 5) is 73.2. The van der Waals surface area contributed by atoms with Crippen LogP contribution in [0.1, 0.15) is 39.1 Å². The highest BCUT2D eigenvalue weighted by Gasteiger charge is 2.45. The van der Waals surface area contributed by atoms with Crippen LogP contribution in [-0.4, -0.2) is 69.2 Å². The van der Waals surface area contributed by atoms with E-state index in [0.717, 1.165) is 5.56 Å². The molecule has 0 unspecified atom stereocenters. The number of carbonyl (C=O) groups excluding carboxylic acids is 5. The van der Waals surface area contributed by atoms with E-state index in [1.165, 1.54) is 48.5 Å². The van der Waals surface area contributed by atoms with Crippen LogP contribution in [0.3, 0.4) is 0 Å². The first-order valence-corrected chi connectivity index (χ1v) is 16.2. The van der Waals surface area contributed by atoms with Gasteiger partial charge in [0.2, 0.25) is 23.0 Å². The number of nitrogens with zero attached hydrogens (tertiary/aromatic N) is 3. The summed E-state index contributed by atoms with van der Waals surface area (Å²) in [5.41, 5.74) is 6.07. The molecule has 1 saturated carbocycles. The Hall–Kier alpha value is -6.01. The number of nitrogens with two attached hydrogens (primary N) is 1. The largest absolute Gasteiger partial charge is 0.454 e. The number of hydrogen-bond acceptors (Lipinski definition) is 11. The van der Waals surface area contributed by atoms with Crippen molar-refractivity contribution < 1.29 is 41.9 Å². The maximum absolute atomic E-state index is 12.9. The Balaban J connectivity index is 1.21. The molecule has 1 aliphatic carbocycles. The highest BCUT2D eigenvalue weighted by atomic mass is 35.5. The summed E-state index contributed by atoms with van der Waals surface area (Å²) in [5.74, 6) is -4.04. The minimum Gasteiger partial charge on any atom is -0.454 e. The molecule has 15 nitrogen and oxygen atoms in total. The van der Waals surface area contributed by atoms with Crippen molar-refractivity contribution in [3.63, 3.8) is 0 Å². The maximum atomic E-state index is 12.9. The lowest BCUT2D eigenvalue weighted by atomic mass is 10.1. The van der Waals surface area contributed by atoms with Crippen LogP contribution >= 0.6 is 23.2 Å². The van der Waals surface area contributed by atoms with Gasteiger partial charge in [-0.25, -0.2) is 0 Å². The predicted molar refractivity (Wildman–Crippen MR) is 186 cm³/mol. The normalized spacial score (nSPS) is 13.5. The number of hydrogen-bond donors (Lipinski definition) is 6. The van der Waals surface area contributed by atoms with Gasteiger partial charge in [0.15, 0.2) is 6.61 Å². The van der Waals surface area contributed by atoms with E-state index in [-0.39, 0.29) is 28.7 Å². The fraction of sp³-hybridized carbons (Fsp3) is 0.212. The van der Waals surface area contributed by atoms with Crippen molar-refractivity contribution in [2.75, 3.05) is 29.1 Å². The first-order chi connectivity index (χ1) is 25.1. The molecule has 1 fully saturated rings. The van der Waals surface area contributed by atoms with E-state index in [4.69, 9.17) is 33.7 Å². The van der Waals surface area contributed by atoms with Crippen molar-refractivity contribution in [3.8, 4) is 6.01 Å². The lowest BCUT2D eigenvalue weighted by Crippen LogP contribution is -2.49. The second-order valence-corrected chi connectivity index (χ2v) is 12.3. The average Bonchev–Trinajstić information content (AvgIpc) is 3.89. The van der Waals surface area contributed by atoms with Gasteiger partial charge in [0.25, 0.3) is 5.91 Å². The molecule has 0 bridgehead atoms. The van der Waals surface area contributed by atoms with Crippen LogP contribution in [0.2, 0.25) is 5.02 Å². The van der Waals surface area contributed by atoms with Crippen molar-refractivity contribution in [1.82, 2.24) is 25.6 Å². The molecule has 1 aliphatic rings. The van der Waals surface area contributed by atoms with Gasteiger partial charge in [0, 0.05) is 34.1 Å². The summed E-state index contributed by atoms with van der Waals surface area (Å²) in [6.45, 7) is -2.19. The van der Waals surface area contributed by atoms with E-state index < -0.39 is 65.8 Å². The standard InChI is InChI=1S/C33H28Cl2F3N9O6/c34-20-8-6-19(7-9-20)32(12-13-32)47-30-44-29(45-31(46-30)53-16-33(36,37)38)42-21-10-4-17(5-11-21)26(50)43-23(24(35)48)15-40-27(51)28(52)41-22-3-1-2-18(14-22)25(39)49/h1-11,14,23H,12-13,15-16H2,(H2,39,49)(H,40,51)(H,41,52)(H,43,50)(H2,42,44,45,46,47)/t23-/m0/s1. The minimum absolute atomic E-state index is 0.0442. The number of alkyl halides is 3. The van der Waals surface area contributed by atoms with Crippen LogP contribution in [0.15, 0.2) is 72.8 Å². The molecule has 1 heterocycles. The number of rotatable bonds is 14. The molecule has 7 N–H and O–H groups in total. The van der Waals surface area contributed by atoms with Crippen LogP contribution in [0.25, 0.3) is 0 Å². The van der Waals surface area contributed by atoms with Crippen molar-refractivity contribution in [1.29, 1.82) is 0 Å². The lowest BCUT2D eigenvalue weighted by Gasteiger charge is -2.19. The van der Waals surface area contributed by atoms with Crippen LogP contribution < -0.4 is 37.1 Å². The molecule has 1 aromatic heterocycles. The van der Waals surface area contributed by atoms with Gasteiger partial charge in [-0.05, 0) is 84.6 Å². The highest BCUT2D eigenvalue weighted by molar-refractivity contribution is 6.65. The molecule has 5 rings (SSSR count). The van der Waals surface area contributed by atoms with Crippen LogP contribution in [0.5, 0.6) is 6.01 Å². The number of amides is 4. The van der Waals surface area contributed by atoms with Gasteiger partial charge in [-0.1, -0.05) is 29.8 Å². The minimum atomic E-state index is -4.65. The molecule has 4 aromatic rings. The first-order valence-electron chi connectivity index (χ1n) is 15.5. The summed E-state index contributed by atoms with van der Waals surface area (Å²) in [5, 5.41) is 12.3. The summed E-state index contributed by atoms with van der Waals surface area (Å²) in [6, 6.07) is 16.1. The SMILES string of the molecule is NC(=O)c1cccc(NC(=O)C(=O)NC[C@H](NC(=O)c2ccc(Nc3nc(NC4(c5ccc(Cl)cc5)CC4)nc(OCC(F)(F)F)n3)cc2)C(=O)Cl)c1. The molecule has 1 atom stereocenters. The van der Waals surface area contributed by atoms with E-state index >= 15 is 0 Å². The fourth-order valence-electron chi connectivity index (χ4n) is 4.75. The Labute approximate surface area is 308 Å². The van der Waals surface area contributed by atoms with E-state index in [2.05, 4.69) is 41.5 Å². The number of carbonyl (C=O) groups is 5. The van der Waals surface area contributed by atoms with Gasteiger partial charge in [-0.3, -0.25) is 24.0 Å². The molecular formula is C33H28Cl2F3N9O6. The van der Waals surface area contributed by atoms with Gasteiger partial charge in [-0.15, -0.1) is 0 Å². The predicted octanol–water partition coefficient (Wildman–Crippen LogP) is 4.03. The molecule has 0 aliphatic heterocycles. The summed E-state index contributed by atoms with van der Waals surface area (Å²) >= 11 is 11.6. The lowest BCUT2D eigenvalue weighted by molar-refractivity contribution is -0.154. The average molecular weight is 775 g/mol. The molecule has 20 heteroatoms. The Morgan fingerprint density at radius 3 is 2.17 bits per heavy atom. The zero-order valence-electron chi connectivity index (χ0n) is 27.1. The third kappa shape index (κ3) is 10.7. The van der Waals surface area contributed by atoms with Crippen LogP contribution in [0, 0.1) is 0 Å². The van der Waals surface area contributed by atoms with Gasteiger partial charge >= 0.3 is 24.0 Å². The second kappa shape index (κ2) is 16.1. The molecule has 0 radical (unpaired) electrons. The van der Waals surface area contributed by atoms with Crippen molar-refractivity contribution >= 4 is 75.3 Å². The second-order valence-electron chi connectivity index (χ2n) is 11.5. The Kier molecular flexibility index (Phi) is 11.6. The number of aromatic nitrogens is 3. The molecule has 3 aromatic carbocycles. The first kappa shape index (κ1) is 38.2.